The Balaban J connectivity index is 1.55. The molecule has 0 aromatic heterocycles. The number of hydrogen-bond donors (Lipinski definition) is 4. The van der Waals surface area contributed by atoms with Crippen LogP contribution < -0.4 is 5.32 Å². The van der Waals surface area contributed by atoms with Crippen molar-refractivity contribution in [3.8, 4) is 0 Å². The fourth-order valence-electron chi connectivity index (χ4n) is 9.84. The fraction of sp³-hybridized carbons (Fsp3) is 0.545. The summed E-state index contributed by atoms with van der Waals surface area (Å²) in [6.07, 6.45) is -9.72. The zero-order valence-electron chi connectivity index (χ0n) is 34.3. The van der Waals surface area contributed by atoms with Crippen molar-refractivity contribution in [2.24, 2.45) is 16.7 Å². The highest BCUT2D eigenvalue weighted by atomic mass is 16.6. The highest BCUT2D eigenvalue weighted by Crippen LogP contribution is 2.64. The van der Waals surface area contributed by atoms with E-state index in [4.69, 9.17) is 23.7 Å². The van der Waals surface area contributed by atoms with E-state index in [-0.39, 0.29) is 36.2 Å². The number of benzene rings is 2. The van der Waals surface area contributed by atoms with Crippen LogP contribution in [0.15, 0.2) is 71.8 Å². The Morgan fingerprint density at radius 3 is 2.12 bits per heavy atom. The number of hydrogen-bond acceptors (Lipinski definition) is 14. The average Bonchev–Trinajstić information content (AvgIpc) is 3.18. The van der Waals surface area contributed by atoms with Gasteiger partial charge in [0.2, 0.25) is 5.91 Å². The largest absolute Gasteiger partial charge is 0.456 e. The molecule has 0 spiro atoms. The molecular formula is C44H53NO14. The molecule has 1 aliphatic heterocycles. The smallest absolute Gasteiger partial charge is 0.338 e. The van der Waals surface area contributed by atoms with Crippen LogP contribution in [-0.2, 0) is 47.7 Å². The number of carbonyl (C=O) groups is 6. The van der Waals surface area contributed by atoms with Crippen LogP contribution >= 0.6 is 0 Å². The number of aliphatic hydroxyl groups is 3. The van der Waals surface area contributed by atoms with Crippen molar-refractivity contribution in [3.63, 3.8) is 0 Å². The molecule has 1 unspecified atom stereocenters. The predicted molar refractivity (Wildman–Crippen MR) is 207 cm³/mol. The summed E-state index contributed by atoms with van der Waals surface area (Å²) in [6, 6.07) is 14.9. The first-order valence-corrected chi connectivity index (χ1v) is 19.9. The molecule has 4 N–H and O–H groups in total. The van der Waals surface area contributed by atoms with Crippen LogP contribution in [0.25, 0.3) is 0 Å². The number of esters is 4. The van der Waals surface area contributed by atoms with Gasteiger partial charge in [-0.05, 0) is 49.1 Å². The Kier molecular flexibility index (Phi) is 12.0. The zero-order valence-corrected chi connectivity index (χ0v) is 34.3. The normalized spacial score (nSPS) is 32.9. The van der Waals surface area contributed by atoms with E-state index in [0.29, 0.717) is 12.0 Å². The van der Waals surface area contributed by atoms with Gasteiger partial charge in [0, 0.05) is 38.5 Å². The monoisotopic (exact) mass is 819 g/mol. The molecule has 1 heterocycles. The molecule has 15 heteroatoms. The molecule has 0 radical (unpaired) electrons. The summed E-state index contributed by atoms with van der Waals surface area (Å²) in [7, 11) is 0. The molecule has 1 saturated heterocycles. The molecule has 3 aliphatic carbocycles. The summed E-state index contributed by atoms with van der Waals surface area (Å²) >= 11 is 0. The summed E-state index contributed by atoms with van der Waals surface area (Å²) in [6.45, 7) is 9.81. The molecule has 3 fully saturated rings. The first-order valence-electron chi connectivity index (χ1n) is 19.9. The van der Waals surface area contributed by atoms with E-state index in [0.717, 1.165) is 13.8 Å². The minimum atomic E-state index is -2.37. The van der Waals surface area contributed by atoms with E-state index in [9.17, 15) is 39.3 Å². The van der Waals surface area contributed by atoms with Gasteiger partial charge < -0.3 is 44.3 Å². The Bertz CT molecular complexity index is 2020. The van der Waals surface area contributed by atoms with Crippen LogP contribution in [0, 0.1) is 16.7 Å². The van der Waals surface area contributed by atoms with Crippen molar-refractivity contribution >= 4 is 35.6 Å². The molecule has 2 bridgehead atoms. The van der Waals surface area contributed by atoms with Gasteiger partial charge in [0.1, 0.15) is 23.9 Å². The minimum Gasteiger partial charge on any atom is -0.456 e. The molecule has 59 heavy (non-hydrogen) atoms. The number of ether oxygens (including phenoxy) is 5. The Morgan fingerprint density at radius 1 is 0.932 bits per heavy atom. The lowest BCUT2D eigenvalue weighted by Crippen LogP contribution is -2.82. The number of ketones is 1. The number of rotatable bonds is 11. The minimum absolute atomic E-state index is 0.00996. The van der Waals surface area contributed by atoms with Crippen molar-refractivity contribution in [2.75, 3.05) is 6.61 Å². The van der Waals surface area contributed by atoms with E-state index in [2.05, 4.69) is 5.32 Å². The van der Waals surface area contributed by atoms with E-state index in [1.807, 2.05) is 0 Å². The van der Waals surface area contributed by atoms with E-state index in [1.54, 1.807) is 69.3 Å². The van der Waals surface area contributed by atoms with Gasteiger partial charge in [-0.1, -0.05) is 69.3 Å². The topological polar surface area (TPSA) is 221 Å². The second-order valence-electron chi connectivity index (χ2n) is 16.8. The van der Waals surface area contributed by atoms with Crippen molar-refractivity contribution < 1.29 is 67.8 Å². The molecular weight excluding hydrogens is 766 g/mol. The van der Waals surface area contributed by atoms with E-state index in [1.165, 1.54) is 26.0 Å². The Labute approximate surface area is 342 Å². The number of Topliss-reactive ketones (excluding diaryl/α,β-unsaturated/α-hetero) is 1. The first-order chi connectivity index (χ1) is 27.7. The van der Waals surface area contributed by atoms with Crippen LogP contribution in [-0.4, -0.2) is 105 Å². The van der Waals surface area contributed by atoms with Crippen molar-refractivity contribution in [3.05, 3.63) is 82.9 Å². The van der Waals surface area contributed by atoms with Gasteiger partial charge >= 0.3 is 23.9 Å². The third-order valence-corrected chi connectivity index (χ3v) is 13.0. The number of aliphatic hydroxyl groups excluding tert-OH is 2. The second-order valence-corrected chi connectivity index (χ2v) is 16.8. The third-order valence-electron chi connectivity index (χ3n) is 13.0. The molecule has 11 atom stereocenters. The molecule has 2 aromatic carbocycles. The molecule has 4 aliphatic rings. The van der Waals surface area contributed by atoms with Gasteiger partial charge in [0.25, 0.3) is 0 Å². The maximum absolute atomic E-state index is 15.4. The molecule has 1 amide bonds. The molecule has 2 aromatic rings. The first kappa shape index (κ1) is 43.6. The Hall–Kier alpha value is -4.96. The van der Waals surface area contributed by atoms with Crippen LogP contribution in [0.3, 0.4) is 0 Å². The maximum Gasteiger partial charge on any atom is 0.338 e. The highest BCUT2D eigenvalue weighted by Gasteiger charge is 2.78. The van der Waals surface area contributed by atoms with Crippen molar-refractivity contribution in [1.29, 1.82) is 0 Å². The van der Waals surface area contributed by atoms with E-state index >= 15 is 4.79 Å². The van der Waals surface area contributed by atoms with Gasteiger partial charge in [-0.25, -0.2) is 9.59 Å². The summed E-state index contributed by atoms with van der Waals surface area (Å²) < 4.78 is 30.2. The molecule has 6 rings (SSSR count). The summed E-state index contributed by atoms with van der Waals surface area (Å²) in [5.41, 5.74) is -7.13. The average molecular weight is 820 g/mol. The summed E-state index contributed by atoms with van der Waals surface area (Å²) in [5, 5.41) is 39.9. The maximum atomic E-state index is 15.4. The van der Waals surface area contributed by atoms with Gasteiger partial charge in [0.05, 0.1) is 35.6 Å². The van der Waals surface area contributed by atoms with Crippen LogP contribution in [0.2, 0.25) is 0 Å². The standard InChI is InChI=1S/C44H53NO14/c1-8-15-31(49)45-33(26-16-11-9-12-17-26)34(50)40(53)57-28-21-44(54)38(58-39(52)27-18-13-10-14-19-27)36-42(7,29(48)20-30-43(36,22-55-30)59-25(4)47)37(51)35(56-24(3)46)32(23(28)2)41(44,5)6/h9-14,16-19,28-30,33-36,38,48,50,54H,8,15,20-22H2,1-7H3,(H,45,49)/t28-,29-,30+,33?,34+,35+,36-,38-,42+,43-,44+/m0/s1. The number of amides is 1. The predicted octanol–water partition coefficient (Wildman–Crippen LogP) is 3.22. The fourth-order valence-corrected chi connectivity index (χ4v) is 9.84. The number of fused-ring (bicyclic) bond motifs is 5. The van der Waals surface area contributed by atoms with Gasteiger partial charge in [0.15, 0.2) is 23.6 Å². The SMILES string of the molecule is CCCC(=O)NC(c1ccccc1)[C@@H](O)C(=O)O[C@H]1C[C@@]2(O)[C@@H](OC(=O)c3ccccc3)[C@@H]3[C@]4(OC(C)=O)CO[C@@H]4C[C@H](O)[C@@]3(C)C(=O)[C@H](OC(C)=O)C(=C1C)C2(C)C. The zero-order chi connectivity index (χ0) is 43.2. The number of carbonyl (C=O) groups excluding carboxylic acids is 6. The molecule has 15 nitrogen and oxygen atoms in total. The van der Waals surface area contributed by atoms with Gasteiger partial charge in [-0.2, -0.15) is 0 Å². The summed E-state index contributed by atoms with van der Waals surface area (Å²) in [4.78, 5) is 82.5. The van der Waals surface area contributed by atoms with Crippen LogP contribution in [0.1, 0.15) is 96.1 Å². The van der Waals surface area contributed by atoms with Crippen molar-refractivity contribution in [2.45, 2.75) is 128 Å². The van der Waals surface area contributed by atoms with Crippen LogP contribution in [0.4, 0.5) is 0 Å². The quantitative estimate of drug-likeness (QED) is 0.145. The highest BCUT2D eigenvalue weighted by molar-refractivity contribution is 5.95. The van der Waals surface area contributed by atoms with Gasteiger partial charge in [-0.3, -0.25) is 19.2 Å². The summed E-state index contributed by atoms with van der Waals surface area (Å²) in [5.74, 6) is -6.60. The lowest BCUT2D eigenvalue weighted by molar-refractivity contribution is -0.346. The van der Waals surface area contributed by atoms with Crippen molar-refractivity contribution in [1.82, 2.24) is 5.32 Å². The lowest BCUT2D eigenvalue weighted by Gasteiger charge is -2.67. The number of nitrogens with one attached hydrogen (secondary N) is 1. The third kappa shape index (κ3) is 7.36. The second kappa shape index (κ2) is 16.2. The Morgan fingerprint density at radius 2 is 1.56 bits per heavy atom. The van der Waals surface area contributed by atoms with Gasteiger partial charge in [-0.15, -0.1) is 0 Å². The van der Waals surface area contributed by atoms with Crippen LogP contribution in [0.5, 0.6) is 0 Å². The molecule has 318 valence electrons. The lowest BCUT2D eigenvalue weighted by atomic mass is 9.44. The molecule has 2 saturated carbocycles. The van der Waals surface area contributed by atoms with E-state index < -0.39 is 113 Å².